The van der Waals surface area contributed by atoms with E-state index in [0.717, 1.165) is 5.56 Å². The maximum Gasteiger partial charge on any atom is 0.442 e. The number of aliphatic carboxylic acids is 1. The molecular weight excluding hydrogens is 389 g/mol. The molecule has 9 heteroatoms. The standard InChI is InChI=1S/C20H17F3N2O4/c21-20(22,23)19(24-25-19)16-8-6-13(7-9-16)10-15(11-17(26)27)18(28)29-12-14-4-2-1-3-5-14/h1-9,15H,10-12H2,(H,26,27)/t15-/m1/s1. The van der Waals surface area contributed by atoms with Crippen LogP contribution >= 0.6 is 0 Å². The molecule has 0 saturated carbocycles. The Balaban J connectivity index is 1.67. The number of esters is 1. The zero-order valence-electron chi connectivity index (χ0n) is 15.1. The summed E-state index contributed by atoms with van der Waals surface area (Å²) in [6, 6.07) is 14.2. The van der Waals surface area contributed by atoms with Gasteiger partial charge < -0.3 is 9.84 Å². The minimum Gasteiger partial charge on any atom is -0.481 e. The number of rotatable bonds is 8. The van der Waals surface area contributed by atoms with Crippen LogP contribution in [-0.4, -0.2) is 23.2 Å². The second-order valence-corrected chi connectivity index (χ2v) is 6.66. The van der Waals surface area contributed by atoms with Crippen molar-refractivity contribution in [3.05, 3.63) is 71.3 Å². The monoisotopic (exact) mass is 406 g/mol. The molecule has 0 bridgehead atoms. The summed E-state index contributed by atoms with van der Waals surface area (Å²) in [5.41, 5.74) is -1.38. The van der Waals surface area contributed by atoms with Crippen LogP contribution in [-0.2, 0) is 33.0 Å². The number of nitrogens with zero attached hydrogens (tertiary/aromatic N) is 2. The highest BCUT2D eigenvalue weighted by Gasteiger charge is 2.65. The van der Waals surface area contributed by atoms with Gasteiger partial charge in [0.2, 0.25) is 0 Å². The van der Waals surface area contributed by atoms with Gasteiger partial charge >= 0.3 is 23.8 Å². The molecule has 29 heavy (non-hydrogen) atoms. The topological polar surface area (TPSA) is 88.3 Å². The smallest absolute Gasteiger partial charge is 0.442 e. The fourth-order valence-electron chi connectivity index (χ4n) is 2.90. The third-order valence-corrected chi connectivity index (χ3v) is 4.51. The number of benzene rings is 2. The second kappa shape index (κ2) is 8.02. The second-order valence-electron chi connectivity index (χ2n) is 6.66. The molecule has 2 aromatic carbocycles. The molecule has 0 amide bonds. The summed E-state index contributed by atoms with van der Waals surface area (Å²) in [6.45, 7) is 0.00579. The van der Waals surface area contributed by atoms with E-state index in [1.807, 2.05) is 6.07 Å². The number of ether oxygens (including phenoxy) is 1. The predicted molar refractivity (Wildman–Crippen MR) is 94.7 cm³/mol. The first-order chi connectivity index (χ1) is 13.7. The number of hydrogen-bond acceptors (Lipinski definition) is 5. The summed E-state index contributed by atoms with van der Waals surface area (Å²) in [4.78, 5) is 23.5. The zero-order chi connectivity index (χ0) is 21.1. The molecule has 0 aromatic heterocycles. The van der Waals surface area contributed by atoms with Gasteiger partial charge in [-0.3, -0.25) is 9.59 Å². The maximum atomic E-state index is 13.1. The predicted octanol–water partition coefficient (Wildman–Crippen LogP) is 4.24. The van der Waals surface area contributed by atoms with Gasteiger partial charge in [0.05, 0.1) is 12.3 Å². The number of carbonyl (C=O) groups is 2. The average Bonchev–Trinajstić information content (AvgIpc) is 3.49. The number of carboxylic acid groups (broad SMARTS) is 1. The third-order valence-electron chi connectivity index (χ3n) is 4.51. The zero-order valence-corrected chi connectivity index (χ0v) is 15.1. The van der Waals surface area contributed by atoms with E-state index in [1.54, 1.807) is 24.3 Å². The molecule has 0 spiro atoms. The maximum absolute atomic E-state index is 13.1. The lowest BCUT2D eigenvalue weighted by Gasteiger charge is -2.17. The Morgan fingerprint density at radius 3 is 2.14 bits per heavy atom. The van der Waals surface area contributed by atoms with Gasteiger partial charge in [0.25, 0.3) is 0 Å². The first kappa shape index (κ1) is 20.5. The Hall–Kier alpha value is -3.23. The van der Waals surface area contributed by atoms with Crippen molar-refractivity contribution in [2.45, 2.75) is 31.3 Å². The Labute approximate surface area is 164 Å². The molecule has 1 atom stereocenters. The molecule has 3 rings (SSSR count). The molecular formula is C20H17F3N2O4. The summed E-state index contributed by atoms with van der Waals surface area (Å²) < 4.78 is 44.4. The van der Waals surface area contributed by atoms with E-state index in [-0.39, 0.29) is 18.6 Å². The van der Waals surface area contributed by atoms with Gasteiger partial charge in [-0.1, -0.05) is 54.6 Å². The third kappa shape index (κ3) is 4.79. The highest BCUT2D eigenvalue weighted by atomic mass is 19.4. The van der Waals surface area contributed by atoms with Gasteiger partial charge in [-0.2, -0.15) is 13.2 Å². The molecule has 0 saturated heterocycles. The van der Waals surface area contributed by atoms with Crippen molar-refractivity contribution in [1.82, 2.24) is 0 Å². The largest absolute Gasteiger partial charge is 0.481 e. The first-order valence-corrected chi connectivity index (χ1v) is 8.74. The molecule has 2 aromatic rings. The minimum absolute atomic E-state index is 0.00579. The van der Waals surface area contributed by atoms with Crippen LogP contribution in [0, 0.1) is 5.92 Å². The van der Waals surface area contributed by atoms with E-state index in [4.69, 9.17) is 9.84 Å². The van der Waals surface area contributed by atoms with Crippen LogP contribution in [0.4, 0.5) is 13.2 Å². The van der Waals surface area contributed by atoms with E-state index in [0.29, 0.717) is 5.56 Å². The normalized spacial score (nSPS) is 15.6. The minimum atomic E-state index is -4.62. The molecule has 0 fully saturated rings. The van der Waals surface area contributed by atoms with Crippen LogP contribution in [0.15, 0.2) is 64.8 Å². The van der Waals surface area contributed by atoms with Crippen molar-refractivity contribution < 1.29 is 32.6 Å². The molecule has 1 aliphatic heterocycles. The lowest BCUT2D eigenvalue weighted by molar-refractivity contribution is -0.166. The number of carbonyl (C=O) groups excluding carboxylic acids is 1. The number of halogens is 3. The van der Waals surface area contributed by atoms with E-state index >= 15 is 0 Å². The molecule has 1 aliphatic rings. The molecule has 152 valence electrons. The van der Waals surface area contributed by atoms with Crippen LogP contribution in [0.25, 0.3) is 0 Å². The van der Waals surface area contributed by atoms with Crippen LogP contribution < -0.4 is 0 Å². The van der Waals surface area contributed by atoms with E-state index in [1.165, 1.54) is 24.3 Å². The Morgan fingerprint density at radius 2 is 1.62 bits per heavy atom. The molecule has 0 unspecified atom stereocenters. The Morgan fingerprint density at radius 1 is 1.00 bits per heavy atom. The van der Waals surface area contributed by atoms with Crippen molar-refractivity contribution in [3.8, 4) is 0 Å². The van der Waals surface area contributed by atoms with Crippen molar-refractivity contribution in [2.75, 3.05) is 0 Å². The van der Waals surface area contributed by atoms with E-state index in [9.17, 15) is 22.8 Å². The van der Waals surface area contributed by atoms with E-state index in [2.05, 4.69) is 10.2 Å². The number of carboxylic acids is 1. The summed E-state index contributed by atoms with van der Waals surface area (Å²) in [5.74, 6) is -2.82. The summed E-state index contributed by atoms with van der Waals surface area (Å²) in [6.07, 6.45) is -5.05. The molecule has 6 nitrogen and oxygen atoms in total. The van der Waals surface area contributed by atoms with Gasteiger partial charge in [-0.05, 0) is 17.5 Å². The first-order valence-electron chi connectivity index (χ1n) is 8.74. The van der Waals surface area contributed by atoms with Crippen LogP contribution in [0.2, 0.25) is 0 Å². The summed E-state index contributed by atoms with van der Waals surface area (Å²) in [7, 11) is 0. The van der Waals surface area contributed by atoms with Crippen LogP contribution in [0.3, 0.4) is 0 Å². The Kier molecular flexibility index (Phi) is 5.67. The fourth-order valence-corrected chi connectivity index (χ4v) is 2.90. The van der Waals surface area contributed by atoms with Crippen molar-refractivity contribution in [3.63, 3.8) is 0 Å². The quantitative estimate of drug-likeness (QED) is 0.664. The average molecular weight is 406 g/mol. The van der Waals surface area contributed by atoms with Crippen molar-refractivity contribution in [1.29, 1.82) is 0 Å². The van der Waals surface area contributed by atoms with Gasteiger partial charge in [-0.15, -0.1) is 10.2 Å². The lowest BCUT2D eigenvalue weighted by atomic mass is 9.94. The molecule has 0 aliphatic carbocycles. The van der Waals surface area contributed by atoms with E-state index < -0.39 is 36.1 Å². The van der Waals surface area contributed by atoms with Crippen LogP contribution in [0.1, 0.15) is 23.1 Å². The SMILES string of the molecule is O=C(O)C[C@@H](Cc1ccc(C2(C(F)(F)F)N=N2)cc1)C(=O)OCc1ccccc1. The van der Waals surface area contributed by atoms with Crippen LogP contribution in [0.5, 0.6) is 0 Å². The number of alkyl halides is 3. The number of hydrogen-bond donors (Lipinski definition) is 1. The summed E-state index contributed by atoms with van der Waals surface area (Å²) >= 11 is 0. The van der Waals surface area contributed by atoms with Crippen molar-refractivity contribution in [2.24, 2.45) is 16.1 Å². The Bertz CT molecular complexity index is 906. The fraction of sp³-hybridized carbons (Fsp3) is 0.300. The highest BCUT2D eigenvalue weighted by Crippen LogP contribution is 2.52. The molecule has 1 N–H and O–H groups in total. The molecule has 1 heterocycles. The van der Waals surface area contributed by atoms with Crippen molar-refractivity contribution >= 4 is 11.9 Å². The van der Waals surface area contributed by atoms with Gasteiger partial charge in [0.1, 0.15) is 6.61 Å². The summed E-state index contributed by atoms with van der Waals surface area (Å²) in [5, 5.41) is 15.4. The van der Waals surface area contributed by atoms with Gasteiger partial charge in [0.15, 0.2) is 0 Å². The van der Waals surface area contributed by atoms with Gasteiger partial charge in [-0.25, -0.2) is 0 Å². The van der Waals surface area contributed by atoms with Gasteiger partial charge in [0, 0.05) is 5.56 Å². The highest BCUT2D eigenvalue weighted by molar-refractivity contribution is 5.79. The lowest BCUT2D eigenvalue weighted by Crippen LogP contribution is -2.30. The molecule has 0 radical (unpaired) electrons.